The van der Waals surface area contributed by atoms with Gasteiger partial charge in [0.25, 0.3) is 0 Å². The second-order valence-corrected chi connectivity index (χ2v) is 8.48. The number of rotatable bonds is 5. The van der Waals surface area contributed by atoms with Crippen LogP contribution >= 0.6 is 0 Å². The normalized spacial score (nSPS) is 18.0. The lowest BCUT2D eigenvalue weighted by Gasteiger charge is -2.36. The van der Waals surface area contributed by atoms with Crippen LogP contribution in [-0.4, -0.2) is 56.7 Å². The largest absolute Gasteiger partial charge is 0.474 e. The van der Waals surface area contributed by atoms with Gasteiger partial charge in [-0.05, 0) is 49.9 Å². The Morgan fingerprint density at radius 1 is 1.06 bits per heavy atom. The minimum atomic E-state index is -0.204. The molecule has 3 aromatic rings. The van der Waals surface area contributed by atoms with Gasteiger partial charge >= 0.3 is 5.69 Å². The van der Waals surface area contributed by atoms with Gasteiger partial charge in [-0.2, -0.15) is 4.98 Å². The molecule has 0 amide bonds. The van der Waals surface area contributed by atoms with E-state index in [2.05, 4.69) is 43.0 Å². The summed E-state index contributed by atoms with van der Waals surface area (Å²) in [6.07, 6.45) is 8.32. The fourth-order valence-corrected chi connectivity index (χ4v) is 4.46. The quantitative estimate of drug-likeness (QED) is 0.627. The van der Waals surface area contributed by atoms with Crippen molar-refractivity contribution in [3.8, 4) is 5.88 Å². The van der Waals surface area contributed by atoms with E-state index in [9.17, 15) is 4.79 Å². The SMILES string of the molecule is Cn1ccc(CN2CCN(c3ccc4ncnc(OC5CCCC5)c4c3)CC2)nc1=O. The van der Waals surface area contributed by atoms with E-state index in [0.717, 1.165) is 55.6 Å². The van der Waals surface area contributed by atoms with E-state index >= 15 is 0 Å². The minimum absolute atomic E-state index is 0.204. The molecule has 0 atom stereocenters. The van der Waals surface area contributed by atoms with Crippen molar-refractivity contribution in [2.45, 2.75) is 38.3 Å². The first-order chi connectivity index (χ1) is 15.2. The highest BCUT2D eigenvalue weighted by Crippen LogP contribution is 2.30. The zero-order chi connectivity index (χ0) is 21.2. The monoisotopic (exact) mass is 420 g/mol. The zero-order valence-electron chi connectivity index (χ0n) is 17.9. The van der Waals surface area contributed by atoms with Crippen molar-refractivity contribution < 1.29 is 4.74 Å². The molecule has 0 N–H and O–H groups in total. The van der Waals surface area contributed by atoms with Gasteiger partial charge in [0.15, 0.2) is 0 Å². The van der Waals surface area contributed by atoms with Gasteiger partial charge in [0.2, 0.25) is 5.88 Å². The van der Waals surface area contributed by atoms with Crippen molar-refractivity contribution in [2.75, 3.05) is 31.1 Å². The summed E-state index contributed by atoms with van der Waals surface area (Å²) in [5, 5.41) is 0.985. The molecular formula is C23H28N6O2. The van der Waals surface area contributed by atoms with Crippen LogP contribution in [0.3, 0.4) is 0 Å². The van der Waals surface area contributed by atoms with E-state index in [0.29, 0.717) is 12.4 Å². The third-order valence-electron chi connectivity index (χ3n) is 6.32. The molecule has 1 saturated heterocycles. The Labute approximate surface area is 181 Å². The van der Waals surface area contributed by atoms with Crippen molar-refractivity contribution in [3.63, 3.8) is 0 Å². The highest BCUT2D eigenvalue weighted by molar-refractivity contribution is 5.86. The predicted molar refractivity (Wildman–Crippen MR) is 119 cm³/mol. The molecule has 162 valence electrons. The zero-order valence-corrected chi connectivity index (χ0v) is 17.9. The van der Waals surface area contributed by atoms with E-state index in [1.165, 1.54) is 23.1 Å². The van der Waals surface area contributed by atoms with Crippen LogP contribution in [0.5, 0.6) is 5.88 Å². The first kappa shape index (κ1) is 19.9. The number of nitrogens with zero attached hydrogens (tertiary/aromatic N) is 6. The lowest BCUT2D eigenvalue weighted by Crippen LogP contribution is -2.46. The van der Waals surface area contributed by atoms with Gasteiger partial charge in [0, 0.05) is 51.7 Å². The second kappa shape index (κ2) is 8.63. The topological polar surface area (TPSA) is 76.4 Å². The summed E-state index contributed by atoms with van der Waals surface area (Å²) in [6, 6.07) is 8.28. The van der Waals surface area contributed by atoms with E-state index in [4.69, 9.17) is 4.74 Å². The molecule has 2 fully saturated rings. The number of hydrogen-bond donors (Lipinski definition) is 0. The Bertz CT molecular complexity index is 1120. The Kier molecular flexibility index (Phi) is 5.55. The van der Waals surface area contributed by atoms with Gasteiger partial charge in [-0.25, -0.2) is 14.8 Å². The van der Waals surface area contributed by atoms with Crippen molar-refractivity contribution in [1.82, 2.24) is 24.4 Å². The molecule has 0 bridgehead atoms. The summed E-state index contributed by atoms with van der Waals surface area (Å²) in [4.78, 5) is 29.5. The van der Waals surface area contributed by atoms with Crippen LogP contribution < -0.4 is 15.3 Å². The summed E-state index contributed by atoms with van der Waals surface area (Å²) in [5.41, 5.74) is 2.71. The van der Waals surface area contributed by atoms with E-state index in [1.54, 1.807) is 19.6 Å². The first-order valence-corrected chi connectivity index (χ1v) is 11.1. The molecule has 1 saturated carbocycles. The van der Waals surface area contributed by atoms with Crippen LogP contribution in [0.15, 0.2) is 41.6 Å². The molecule has 2 aliphatic rings. The number of piperazine rings is 1. The van der Waals surface area contributed by atoms with Gasteiger partial charge in [0.1, 0.15) is 12.4 Å². The third kappa shape index (κ3) is 4.39. The Morgan fingerprint density at radius 3 is 2.65 bits per heavy atom. The number of aryl methyl sites for hydroxylation is 1. The molecule has 1 aliphatic carbocycles. The van der Waals surface area contributed by atoms with Crippen molar-refractivity contribution >= 4 is 16.6 Å². The molecule has 8 heteroatoms. The fraction of sp³-hybridized carbons (Fsp3) is 0.478. The van der Waals surface area contributed by atoms with Crippen LogP contribution in [0.2, 0.25) is 0 Å². The molecule has 31 heavy (non-hydrogen) atoms. The molecule has 0 spiro atoms. The fourth-order valence-electron chi connectivity index (χ4n) is 4.46. The maximum atomic E-state index is 11.8. The summed E-state index contributed by atoms with van der Waals surface area (Å²) in [7, 11) is 1.72. The van der Waals surface area contributed by atoms with Crippen molar-refractivity contribution in [1.29, 1.82) is 0 Å². The van der Waals surface area contributed by atoms with Crippen molar-refractivity contribution in [2.24, 2.45) is 7.05 Å². The average molecular weight is 421 g/mol. The van der Waals surface area contributed by atoms with Gasteiger partial charge in [0.05, 0.1) is 16.6 Å². The molecule has 2 aromatic heterocycles. The number of fused-ring (bicyclic) bond motifs is 1. The maximum absolute atomic E-state index is 11.8. The molecule has 1 aliphatic heterocycles. The summed E-state index contributed by atoms with van der Waals surface area (Å²) in [6.45, 7) is 4.39. The maximum Gasteiger partial charge on any atom is 0.347 e. The highest BCUT2D eigenvalue weighted by Gasteiger charge is 2.21. The smallest absolute Gasteiger partial charge is 0.347 e. The molecule has 1 aromatic carbocycles. The van der Waals surface area contributed by atoms with Crippen LogP contribution in [0.25, 0.3) is 10.9 Å². The van der Waals surface area contributed by atoms with Gasteiger partial charge in [-0.1, -0.05) is 0 Å². The molecule has 3 heterocycles. The van der Waals surface area contributed by atoms with Crippen LogP contribution in [0.1, 0.15) is 31.4 Å². The Morgan fingerprint density at radius 2 is 1.87 bits per heavy atom. The molecule has 0 unspecified atom stereocenters. The average Bonchev–Trinajstić information content (AvgIpc) is 3.30. The van der Waals surface area contributed by atoms with Crippen LogP contribution in [-0.2, 0) is 13.6 Å². The number of benzene rings is 1. The lowest BCUT2D eigenvalue weighted by atomic mass is 10.1. The third-order valence-corrected chi connectivity index (χ3v) is 6.32. The van der Waals surface area contributed by atoms with Gasteiger partial charge in [-0.3, -0.25) is 4.90 Å². The van der Waals surface area contributed by atoms with Crippen LogP contribution in [0.4, 0.5) is 5.69 Å². The Balaban J connectivity index is 1.27. The lowest BCUT2D eigenvalue weighted by molar-refractivity contribution is 0.204. The number of ether oxygens (including phenoxy) is 1. The molecule has 5 rings (SSSR count). The number of anilines is 1. The first-order valence-electron chi connectivity index (χ1n) is 11.1. The number of aromatic nitrogens is 4. The minimum Gasteiger partial charge on any atom is -0.474 e. The van der Waals surface area contributed by atoms with E-state index in [1.807, 2.05) is 6.07 Å². The highest BCUT2D eigenvalue weighted by atomic mass is 16.5. The van der Waals surface area contributed by atoms with Gasteiger partial charge in [-0.15, -0.1) is 0 Å². The van der Waals surface area contributed by atoms with Crippen molar-refractivity contribution in [3.05, 3.63) is 53.0 Å². The molecule has 8 nitrogen and oxygen atoms in total. The molecule has 0 radical (unpaired) electrons. The summed E-state index contributed by atoms with van der Waals surface area (Å²) >= 11 is 0. The second-order valence-electron chi connectivity index (χ2n) is 8.48. The van der Waals surface area contributed by atoms with E-state index < -0.39 is 0 Å². The van der Waals surface area contributed by atoms with E-state index in [-0.39, 0.29) is 11.8 Å². The summed E-state index contributed by atoms with van der Waals surface area (Å²) < 4.78 is 7.72. The summed E-state index contributed by atoms with van der Waals surface area (Å²) in [5.74, 6) is 0.703. The van der Waals surface area contributed by atoms with Crippen LogP contribution in [0, 0.1) is 0 Å². The standard InChI is InChI=1S/C23H28N6O2/c1-27-9-8-17(26-23(27)30)15-28-10-12-29(13-11-28)18-6-7-21-20(14-18)22(25-16-24-21)31-19-4-2-3-5-19/h6-9,14,16,19H,2-5,10-13,15H2,1H3. The number of hydrogen-bond acceptors (Lipinski definition) is 7. The van der Waals surface area contributed by atoms with Gasteiger partial charge < -0.3 is 14.2 Å². The predicted octanol–water partition coefficient (Wildman–Crippen LogP) is 2.37. The molecular weight excluding hydrogens is 392 g/mol. The Hall–Kier alpha value is -3.00.